The second-order valence-corrected chi connectivity index (χ2v) is 15.8. The average Bonchev–Trinajstić information content (AvgIpc) is 3.65. The Hall–Kier alpha value is -8.14. The van der Waals surface area contributed by atoms with Crippen LogP contribution in [0.4, 0.5) is 0 Å². The molecule has 0 amide bonds. The molecule has 0 fully saturated rings. The molecule has 0 saturated carbocycles. The van der Waals surface area contributed by atoms with Crippen LogP contribution in [0.5, 0.6) is 0 Å². The summed E-state index contributed by atoms with van der Waals surface area (Å²) in [6.45, 7) is 0. The van der Waals surface area contributed by atoms with Crippen molar-refractivity contribution >= 4 is 54.3 Å². The van der Waals surface area contributed by atoms with E-state index in [2.05, 4.69) is 229 Å². The fourth-order valence-electron chi connectivity index (χ4n) is 9.12. The van der Waals surface area contributed by atoms with Crippen LogP contribution in [0.15, 0.2) is 224 Å². The summed E-state index contributed by atoms with van der Waals surface area (Å²) in [7, 11) is 0. The van der Waals surface area contributed by atoms with Gasteiger partial charge in [-0.2, -0.15) is 0 Å². The fraction of sp³-hybridized carbons (Fsp3) is 0. The lowest BCUT2D eigenvalue weighted by molar-refractivity contribution is 1.01. The summed E-state index contributed by atoms with van der Waals surface area (Å²) in [5, 5.41) is 8.07. The zero-order valence-corrected chi connectivity index (χ0v) is 33.2. The molecular weight excluding hydrogens is 739 g/mol. The molecule has 3 heteroatoms. The highest BCUT2D eigenvalue weighted by molar-refractivity contribution is 6.14. The van der Waals surface area contributed by atoms with Crippen molar-refractivity contribution in [3.8, 4) is 61.7 Å². The molecule has 2 heterocycles. The van der Waals surface area contributed by atoms with Crippen molar-refractivity contribution in [2.45, 2.75) is 0 Å². The molecule has 0 saturated heterocycles. The molecule has 0 spiro atoms. The largest absolute Gasteiger partial charge is 0.278 e. The topological polar surface area (TPSA) is 30.7 Å². The SMILES string of the molecule is c1ccc(-c2ccc(-c3cc4c(-c5ccc6ccccc6c5)nc(-n5c6ccc(-c7ccccc7)cc6c6cc7ccccc7cc65)nc4cc3-c3ccccc3)cc2)cc1. The number of hydrogen-bond acceptors (Lipinski definition) is 2. The van der Waals surface area contributed by atoms with Crippen molar-refractivity contribution in [2.75, 3.05) is 0 Å². The van der Waals surface area contributed by atoms with Crippen LogP contribution in [0.3, 0.4) is 0 Å². The first-order valence-electron chi connectivity index (χ1n) is 20.8. The number of fused-ring (bicyclic) bond motifs is 6. The molecule has 12 aromatic rings. The Morgan fingerprint density at radius 2 is 0.770 bits per heavy atom. The van der Waals surface area contributed by atoms with E-state index in [0.29, 0.717) is 5.95 Å². The molecule has 0 aliphatic heterocycles. The summed E-state index contributed by atoms with van der Waals surface area (Å²) in [4.78, 5) is 11.2. The Morgan fingerprint density at radius 3 is 1.48 bits per heavy atom. The standard InChI is InChI=1S/C58H37N3/c1-4-14-38(15-5-1)41-24-27-43(28-25-41)49-36-53-54(37-50(49)42-19-8-3-9-20-42)59-58(60-57(53)48-29-26-40-18-10-11-21-44(40)32-48)61-55-31-30-47(39-16-6-2-7-17-39)34-51(55)52-33-45-22-12-13-23-46(45)35-56(52)61/h1-37H. The lowest BCUT2D eigenvalue weighted by Crippen LogP contribution is -2.04. The van der Waals surface area contributed by atoms with Gasteiger partial charge < -0.3 is 0 Å². The van der Waals surface area contributed by atoms with E-state index in [-0.39, 0.29) is 0 Å². The van der Waals surface area contributed by atoms with Gasteiger partial charge in [0.15, 0.2) is 0 Å². The van der Waals surface area contributed by atoms with E-state index in [1.54, 1.807) is 0 Å². The van der Waals surface area contributed by atoms with Crippen molar-refractivity contribution in [3.05, 3.63) is 224 Å². The minimum Gasteiger partial charge on any atom is -0.278 e. The summed E-state index contributed by atoms with van der Waals surface area (Å²) in [6, 6.07) is 80.6. The Labute approximate surface area is 353 Å². The first-order chi connectivity index (χ1) is 30.2. The number of benzene rings is 10. The smallest absolute Gasteiger partial charge is 0.235 e. The first-order valence-corrected chi connectivity index (χ1v) is 20.8. The van der Waals surface area contributed by atoms with Gasteiger partial charge in [0.1, 0.15) is 0 Å². The second-order valence-electron chi connectivity index (χ2n) is 15.8. The van der Waals surface area contributed by atoms with Crippen LogP contribution in [0.2, 0.25) is 0 Å². The molecule has 0 aliphatic carbocycles. The molecule has 0 radical (unpaired) electrons. The molecule has 2 aromatic heterocycles. The van der Waals surface area contributed by atoms with Gasteiger partial charge in [0.05, 0.1) is 22.2 Å². The summed E-state index contributed by atoms with van der Waals surface area (Å²) in [5.41, 5.74) is 14.2. The number of nitrogens with zero attached hydrogens (tertiary/aromatic N) is 3. The molecule has 284 valence electrons. The third-order valence-electron chi connectivity index (χ3n) is 12.2. The van der Waals surface area contributed by atoms with Crippen LogP contribution >= 0.6 is 0 Å². The molecule has 0 bridgehead atoms. The molecular formula is C58H37N3. The molecule has 0 N–H and O–H groups in total. The maximum Gasteiger partial charge on any atom is 0.235 e. The van der Waals surface area contributed by atoms with E-state index in [4.69, 9.17) is 9.97 Å². The third kappa shape index (κ3) is 6.06. The Bertz CT molecular complexity index is 3610. The highest BCUT2D eigenvalue weighted by Crippen LogP contribution is 2.42. The maximum atomic E-state index is 5.62. The molecule has 61 heavy (non-hydrogen) atoms. The van der Waals surface area contributed by atoms with Crippen LogP contribution in [0, 0.1) is 0 Å². The predicted molar refractivity (Wildman–Crippen MR) is 256 cm³/mol. The molecule has 0 aliphatic rings. The van der Waals surface area contributed by atoms with Gasteiger partial charge in [0.2, 0.25) is 5.95 Å². The van der Waals surface area contributed by atoms with Gasteiger partial charge in [-0.15, -0.1) is 0 Å². The summed E-state index contributed by atoms with van der Waals surface area (Å²) in [5.74, 6) is 0.636. The van der Waals surface area contributed by atoms with E-state index >= 15 is 0 Å². The van der Waals surface area contributed by atoms with Crippen molar-refractivity contribution in [1.82, 2.24) is 14.5 Å². The van der Waals surface area contributed by atoms with Gasteiger partial charge in [-0.25, -0.2) is 9.97 Å². The molecule has 12 rings (SSSR count). The lowest BCUT2D eigenvalue weighted by Gasteiger charge is -2.17. The minimum atomic E-state index is 0.636. The summed E-state index contributed by atoms with van der Waals surface area (Å²) in [6.07, 6.45) is 0. The fourth-order valence-corrected chi connectivity index (χ4v) is 9.12. The van der Waals surface area contributed by atoms with Crippen molar-refractivity contribution in [2.24, 2.45) is 0 Å². The van der Waals surface area contributed by atoms with E-state index in [1.807, 2.05) is 0 Å². The Morgan fingerprint density at radius 1 is 0.279 bits per heavy atom. The third-order valence-corrected chi connectivity index (χ3v) is 12.2. The van der Waals surface area contributed by atoms with Crippen LogP contribution < -0.4 is 0 Å². The summed E-state index contributed by atoms with van der Waals surface area (Å²) < 4.78 is 2.27. The molecule has 0 unspecified atom stereocenters. The van der Waals surface area contributed by atoms with Crippen molar-refractivity contribution < 1.29 is 0 Å². The summed E-state index contributed by atoms with van der Waals surface area (Å²) >= 11 is 0. The zero-order chi connectivity index (χ0) is 40.3. The Balaban J connectivity index is 1.15. The van der Waals surface area contributed by atoms with E-state index < -0.39 is 0 Å². The molecule has 10 aromatic carbocycles. The monoisotopic (exact) mass is 775 g/mol. The highest BCUT2D eigenvalue weighted by Gasteiger charge is 2.21. The van der Waals surface area contributed by atoms with Crippen LogP contribution in [-0.4, -0.2) is 14.5 Å². The lowest BCUT2D eigenvalue weighted by atomic mass is 9.90. The number of aromatic nitrogens is 3. The quantitative estimate of drug-likeness (QED) is 0.168. The average molecular weight is 776 g/mol. The van der Waals surface area contributed by atoms with Gasteiger partial charge in [-0.05, 0) is 109 Å². The van der Waals surface area contributed by atoms with Gasteiger partial charge in [-0.1, -0.05) is 182 Å². The zero-order valence-electron chi connectivity index (χ0n) is 33.2. The van der Waals surface area contributed by atoms with Crippen LogP contribution in [0.1, 0.15) is 0 Å². The Kier molecular flexibility index (Phi) is 8.17. The number of rotatable bonds is 6. The maximum absolute atomic E-state index is 5.62. The van der Waals surface area contributed by atoms with Gasteiger partial charge in [0, 0.05) is 21.7 Å². The highest BCUT2D eigenvalue weighted by atomic mass is 15.2. The predicted octanol–water partition coefficient (Wildman–Crippen LogP) is 15.4. The van der Waals surface area contributed by atoms with Crippen LogP contribution in [-0.2, 0) is 0 Å². The van der Waals surface area contributed by atoms with Gasteiger partial charge in [-0.3, -0.25) is 4.57 Å². The van der Waals surface area contributed by atoms with E-state index in [0.717, 1.165) is 60.8 Å². The van der Waals surface area contributed by atoms with Crippen molar-refractivity contribution in [1.29, 1.82) is 0 Å². The van der Waals surface area contributed by atoms with E-state index in [1.165, 1.54) is 49.2 Å². The molecule has 0 atom stereocenters. The molecule has 3 nitrogen and oxygen atoms in total. The first kappa shape index (κ1) is 34.9. The van der Waals surface area contributed by atoms with Gasteiger partial charge in [0.25, 0.3) is 0 Å². The second kappa shape index (κ2) is 14.3. The van der Waals surface area contributed by atoms with E-state index in [9.17, 15) is 0 Å². The van der Waals surface area contributed by atoms with Crippen LogP contribution in [0.25, 0.3) is 116 Å². The minimum absolute atomic E-state index is 0.636. The normalized spacial score (nSPS) is 11.6. The number of hydrogen-bond donors (Lipinski definition) is 0. The van der Waals surface area contributed by atoms with Gasteiger partial charge >= 0.3 is 0 Å². The van der Waals surface area contributed by atoms with Crippen molar-refractivity contribution in [3.63, 3.8) is 0 Å².